The number of methoxy groups -OCH3 is 1. The van der Waals surface area contributed by atoms with Gasteiger partial charge in [0, 0.05) is 30.1 Å². The van der Waals surface area contributed by atoms with Crippen LogP contribution in [0.1, 0.15) is 21.5 Å². The van der Waals surface area contributed by atoms with Crippen LogP contribution in [0.2, 0.25) is 0 Å². The van der Waals surface area contributed by atoms with Crippen molar-refractivity contribution in [3.8, 4) is 11.5 Å². The van der Waals surface area contributed by atoms with E-state index in [9.17, 15) is 14.9 Å². The van der Waals surface area contributed by atoms with Crippen molar-refractivity contribution in [2.75, 3.05) is 7.11 Å². The van der Waals surface area contributed by atoms with Crippen molar-refractivity contribution in [1.29, 1.82) is 0 Å². The molecule has 0 aliphatic heterocycles. The van der Waals surface area contributed by atoms with Gasteiger partial charge in [0.05, 0.1) is 23.8 Å². The molecule has 0 bridgehead atoms. The lowest BCUT2D eigenvalue weighted by Gasteiger charge is -2.11. The number of amides is 1. The Morgan fingerprint density at radius 3 is 2.70 bits per heavy atom. The lowest BCUT2D eigenvalue weighted by molar-refractivity contribution is -0.384. The molecule has 3 rings (SSSR count). The second-order valence-electron chi connectivity index (χ2n) is 6.05. The minimum atomic E-state index is -0.470. The normalized spacial score (nSPS) is 10.6. The number of nitro benzene ring substituents is 1. The molecular weight excluding hydrogens is 388 g/mol. The van der Waals surface area contributed by atoms with Crippen LogP contribution in [0.15, 0.2) is 72.1 Å². The predicted octanol–water partition coefficient (Wildman–Crippen LogP) is 3.34. The van der Waals surface area contributed by atoms with Crippen molar-refractivity contribution in [2.45, 2.75) is 6.61 Å². The Bertz CT molecular complexity index is 1050. The van der Waals surface area contributed by atoms with Crippen LogP contribution in [0.25, 0.3) is 0 Å². The van der Waals surface area contributed by atoms with Crippen molar-refractivity contribution in [2.24, 2.45) is 5.10 Å². The van der Waals surface area contributed by atoms with E-state index < -0.39 is 4.92 Å². The maximum atomic E-state index is 12.0. The number of hydrogen-bond donors (Lipinski definition) is 1. The van der Waals surface area contributed by atoms with Crippen molar-refractivity contribution < 1.29 is 19.2 Å². The fourth-order valence-corrected chi connectivity index (χ4v) is 2.54. The topological polar surface area (TPSA) is 116 Å². The molecule has 0 saturated heterocycles. The van der Waals surface area contributed by atoms with Crippen LogP contribution in [0.5, 0.6) is 11.5 Å². The van der Waals surface area contributed by atoms with Gasteiger partial charge in [-0.05, 0) is 48.0 Å². The molecule has 0 radical (unpaired) electrons. The van der Waals surface area contributed by atoms with E-state index >= 15 is 0 Å². The van der Waals surface area contributed by atoms with Crippen LogP contribution in [-0.2, 0) is 6.61 Å². The maximum absolute atomic E-state index is 12.0. The number of rotatable bonds is 8. The summed E-state index contributed by atoms with van der Waals surface area (Å²) in [6.07, 6.45) is 4.53. The Morgan fingerprint density at radius 2 is 2.03 bits per heavy atom. The maximum Gasteiger partial charge on any atom is 0.272 e. The summed E-state index contributed by atoms with van der Waals surface area (Å²) in [5.41, 5.74) is 4.31. The first-order valence-electron chi connectivity index (χ1n) is 8.84. The number of nitrogens with zero attached hydrogens (tertiary/aromatic N) is 3. The number of benzene rings is 2. The first kappa shape index (κ1) is 20.5. The summed E-state index contributed by atoms with van der Waals surface area (Å²) < 4.78 is 11.1. The highest BCUT2D eigenvalue weighted by molar-refractivity contribution is 5.94. The molecule has 0 spiro atoms. The lowest BCUT2D eigenvalue weighted by atomic mass is 10.1. The van der Waals surface area contributed by atoms with Crippen LogP contribution in [0.4, 0.5) is 5.69 Å². The van der Waals surface area contributed by atoms with Crippen LogP contribution in [0, 0.1) is 10.1 Å². The van der Waals surface area contributed by atoms with Gasteiger partial charge >= 0.3 is 0 Å². The molecule has 0 aliphatic carbocycles. The molecule has 9 nitrogen and oxygen atoms in total. The summed E-state index contributed by atoms with van der Waals surface area (Å²) in [4.78, 5) is 26.1. The van der Waals surface area contributed by atoms with Gasteiger partial charge in [-0.25, -0.2) is 5.43 Å². The molecule has 0 aliphatic rings. The second kappa shape index (κ2) is 9.78. The van der Waals surface area contributed by atoms with E-state index in [0.717, 1.165) is 11.1 Å². The summed E-state index contributed by atoms with van der Waals surface area (Å²) in [6, 6.07) is 14.5. The van der Waals surface area contributed by atoms with Crippen molar-refractivity contribution in [3.05, 3.63) is 93.8 Å². The van der Waals surface area contributed by atoms with Gasteiger partial charge < -0.3 is 9.47 Å². The Morgan fingerprint density at radius 1 is 1.23 bits per heavy atom. The summed E-state index contributed by atoms with van der Waals surface area (Å²) in [7, 11) is 1.55. The van der Waals surface area contributed by atoms with Gasteiger partial charge in [-0.3, -0.25) is 19.9 Å². The Hall–Kier alpha value is -4.27. The van der Waals surface area contributed by atoms with Crippen LogP contribution < -0.4 is 14.9 Å². The highest BCUT2D eigenvalue weighted by atomic mass is 16.6. The molecule has 0 fully saturated rings. The lowest BCUT2D eigenvalue weighted by Crippen LogP contribution is -2.17. The monoisotopic (exact) mass is 406 g/mol. The third-order valence-corrected chi connectivity index (χ3v) is 4.05. The standard InChI is InChI=1S/C21H18N4O5/c1-29-20-9-4-15(12-23-24-21(26)16-3-2-10-22-13-16)11-17(20)14-30-19-7-5-18(6-8-19)25(27)28/h2-13H,14H2,1H3,(H,24,26). The number of carbonyl (C=O) groups excluding carboxylic acids is 1. The minimum Gasteiger partial charge on any atom is -0.496 e. The largest absolute Gasteiger partial charge is 0.496 e. The number of pyridine rings is 1. The highest BCUT2D eigenvalue weighted by Gasteiger charge is 2.08. The molecule has 2 aromatic carbocycles. The molecule has 1 aromatic heterocycles. The summed E-state index contributed by atoms with van der Waals surface area (Å²) in [5, 5.41) is 14.7. The average Bonchev–Trinajstić information content (AvgIpc) is 2.78. The number of hydrogen-bond acceptors (Lipinski definition) is 7. The predicted molar refractivity (Wildman–Crippen MR) is 110 cm³/mol. The Balaban J connectivity index is 1.65. The SMILES string of the molecule is COc1ccc(C=NNC(=O)c2cccnc2)cc1COc1ccc([N+](=O)[O-])cc1. The Labute approximate surface area is 172 Å². The third kappa shape index (κ3) is 5.38. The van der Waals surface area contributed by atoms with E-state index in [-0.39, 0.29) is 18.2 Å². The molecule has 152 valence electrons. The van der Waals surface area contributed by atoms with Gasteiger partial charge in [-0.2, -0.15) is 5.10 Å². The molecule has 1 amide bonds. The molecule has 30 heavy (non-hydrogen) atoms. The van der Waals surface area contributed by atoms with Crippen LogP contribution in [0.3, 0.4) is 0 Å². The third-order valence-electron chi connectivity index (χ3n) is 4.05. The van der Waals surface area contributed by atoms with Crippen LogP contribution >= 0.6 is 0 Å². The van der Waals surface area contributed by atoms with Crippen molar-refractivity contribution >= 4 is 17.8 Å². The van der Waals surface area contributed by atoms with Gasteiger partial charge in [-0.1, -0.05) is 0 Å². The fourth-order valence-electron chi connectivity index (χ4n) is 2.54. The van der Waals surface area contributed by atoms with Crippen LogP contribution in [-0.4, -0.2) is 29.1 Å². The number of hydrazone groups is 1. The smallest absolute Gasteiger partial charge is 0.272 e. The minimum absolute atomic E-state index is 0.00790. The number of carbonyl (C=O) groups is 1. The van der Waals surface area contributed by atoms with Gasteiger partial charge in [0.2, 0.25) is 0 Å². The van der Waals surface area contributed by atoms with E-state index in [4.69, 9.17) is 9.47 Å². The van der Waals surface area contributed by atoms with Crippen molar-refractivity contribution in [1.82, 2.24) is 10.4 Å². The number of nitrogens with one attached hydrogen (secondary N) is 1. The molecule has 0 saturated carbocycles. The first-order valence-corrected chi connectivity index (χ1v) is 8.84. The van der Waals surface area contributed by atoms with Gasteiger partial charge in [-0.15, -0.1) is 0 Å². The number of ether oxygens (including phenoxy) is 2. The summed E-state index contributed by atoms with van der Waals surface area (Å²) >= 11 is 0. The summed E-state index contributed by atoms with van der Waals surface area (Å²) in [6.45, 7) is 0.185. The van der Waals surface area contributed by atoms with E-state index in [1.54, 1.807) is 37.6 Å². The molecule has 1 N–H and O–H groups in total. The van der Waals surface area contributed by atoms with E-state index in [1.807, 2.05) is 6.07 Å². The highest BCUT2D eigenvalue weighted by Crippen LogP contribution is 2.23. The molecule has 9 heteroatoms. The summed E-state index contributed by atoms with van der Waals surface area (Å²) in [5.74, 6) is 0.744. The molecule has 3 aromatic rings. The average molecular weight is 406 g/mol. The number of non-ortho nitro benzene ring substituents is 1. The number of nitro groups is 1. The molecule has 0 unspecified atom stereocenters. The zero-order valence-electron chi connectivity index (χ0n) is 16.0. The zero-order valence-corrected chi connectivity index (χ0v) is 16.0. The number of aromatic nitrogens is 1. The molecular formula is C21H18N4O5. The van der Waals surface area contributed by atoms with Gasteiger partial charge in [0.15, 0.2) is 0 Å². The van der Waals surface area contributed by atoms with Gasteiger partial charge in [0.25, 0.3) is 11.6 Å². The quantitative estimate of drug-likeness (QED) is 0.348. The van der Waals surface area contributed by atoms with E-state index in [0.29, 0.717) is 17.1 Å². The first-order chi connectivity index (χ1) is 14.6. The fraction of sp³-hybridized carbons (Fsp3) is 0.0952. The molecule has 1 heterocycles. The van der Waals surface area contributed by atoms with Crippen molar-refractivity contribution in [3.63, 3.8) is 0 Å². The van der Waals surface area contributed by atoms with Gasteiger partial charge in [0.1, 0.15) is 18.1 Å². The molecule has 0 atom stereocenters. The zero-order chi connectivity index (χ0) is 21.3. The van der Waals surface area contributed by atoms with E-state index in [1.165, 1.54) is 36.7 Å². The van der Waals surface area contributed by atoms with E-state index in [2.05, 4.69) is 15.5 Å². The second-order valence-corrected chi connectivity index (χ2v) is 6.05. The Kier molecular flexibility index (Phi) is 6.67.